The predicted molar refractivity (Wildman–Crippen MR) is 172 cm³/mol. The highest BCUT2D eigenvalue weighted by Crippen LogP contribution is 2.35. The number of nitrogens with two attached hydrogens (primary N) is 1. The van der Waals surface area contributed by atoms with Gasteiger partial charge in [0.25, 0.3) is 0 Å². The maximum absolute atomic E-state index is 13.5. The van der Waals surface area contributed by atoms with Gasteiger partial charge in [0.05, 0.1) is 6.21 Å². The fourth-order valence-corrected chi connectivity index (χ4v) is 4.95. The number of phenolic OH excluding ortho intramolecular Hbond substituents is 1. The molecule has 2 heterocycles. The number of aliphatic hydroxyl groups is 1. The number of oxime groups is 1. The Morgan fingerprint density at radius 1 is 1.23 bits per heavy atom. The zero-order valence-corrected chi connectivity index (χ0v) is 26.6. The van der Waals surface area contributed by atoms with E-state index < -0.39 is 54.4 Å². The molecule has 0 saturated carbocycles. The summed E-state index contributed by atoms with van der Waals surface area (Å²) >= 11 is 0. The predicted octanol–water partition coefficient (Wildman–Crippen LogP) is 2.00. The van der Waals surface area contributed by atoms with Crippen LogP contribution in [-0.4, -0.2) is 90.4 Å². The van der Waals surface area contributed by atoms with E-state index in [9.17, 15) is 29.4 Å². The summed E-state index contributed by atoms with van der Waals surface area (Å²) in [5.41, 5.74) is 5.84. The number of benzene rings is 1. The van der Waals surface area contributed by atoms with E-state index in [2.05, 4.69) is 20.6 Å². The van der Waals surface area contributed by atoms with Crippen molar-refractivity contribution in [3.8, 4) is 5.75 Å². The van der Waals surface area contributed by atoms with E-state index in [4.69, 9.17) is 19.9 Å². The van der Waals surface area contributed by atoms with Crippen LogP contribution in [0.15, 0.2) is 53.9 Å². The monoisotopic (exact) mass is 656 g/mol. The molecule has 6 atom stereocenters. The fraction of sp³-hybridized carbons (Fsp3) is 0.485. The van der Waals surface area contributed by atoms with E-state index in [-0.39, 0.29) is 36.5 Å². The molecule has 256 valence electrons. The van der Waals surface area contributed by atoms with Crippen molar-refractivity contribution in [2.45, 2.75) is 88.4 Å². The highest BCUT2D eigenvalue weighted by Gasteiger charge is 2.51. The molecule has 1 aromatic rings. The lowest BCUT2D eigenvalue weighted by Gasteiger charge is -2.26. The number of cyclic esters (lactones) is 1. The summed E-state index contributed by atoms with van der Waals surface area (Å²) in [6.07, 6.45) is 7.63. The first-order chi connectivity index (χ1) is 22.7. The number of carbonyl (C=O) groups excluding carboxylic acids is 4. The van der Waals surface area contributed by atoms with Gasteiger partial charge < -0.3 is 45.6 Å². The molecule has 6 N–H and O–H groups in total. The molecule has 3 rings (SSSR count). The molecule has 14 nitrogen and oxygen atoms in total. The van der Waals surface area contributed by atoms with Gasteiger partial charge in [-0.2, -0.15) is 0 Å². The summed E-state index contributed by atoms with van der Waals surface area (Å²) < 4.78 is 17.5. The maximum atomic E-state index is 13.5. The number of hydrogen-bond acceptors (Lipinski definition) is 12. The topological polar surface area (TPSA) is 211 Å². The van der Waals surface area contributed by atoms with Gasteiger partial charge in [-0.05, 0) is 49.9 Å². The largest absolute Gasteiger partial charge is 0.507 e. The second-order valence-corrected chi connectivity index (χ2v) is 11.0. The molecule has 0 bridgehead atoms. The van der Waals surface area contributed by atoms with Gasteiger partial charge in [-0.1, -0.05) is 42.4 Å². The minimum absolute atomic E-state index is 0.0535. The van der Waals surface area contributed by atoms with Gasteiger partial charge in [0.2, 0.25) is 11.8 Å². The molecule has 0 radical (unpaired) electrons. The molecule has 47 heavy (non-hydrogen) atoms. The Labute approximate surface area is 273 Å². The van der Waals surface area contributed by atoms with Gasteiger partial charge >= 0.3 is 11.9 Å². The van der Waals surface area contributed by atoms with E-state index in [1.807, 2.05) is 6.92 Å². The van der Waals surface area contributed by atoms with E-state index in [0.29, 0.717) is 37.8 Å². The number of hydrogen-bond donors (Lipinski definition) is 5. The normalized spacial score (nSPS) is 23.2. The lowest BCUT2D eigenvalue weighted by Crippen LogP contribution is -2.44. The van der Waals surface area contributed by atoms with Crippen LogP contribution in [0.4, 0.5) is 0 Å². The van der Waals surface area contributed by atoms with Gasteiger partial charge in [0.15, 0.2) is 0 Å². The van der Waals surface area contributed by atoms with Crippen LogP contribution in [0.25, 0.3) is 6.08 Å². The van der Waals surface area contributed by atoms with Crippen molar-refractivity contribution >= 4 is 36.0 Å². The van der Waals surface area contributed by atoms with E-state index in [0.717, 1.165) is 0 Å². The van der Waals surface area contributed by atoms with Crippen molar-refractivity contribution < 1.29 is 48.4 Å². The quantitative estimate of drug-likeness (QED) is 0.0460. The van der Waals surface area contributed by atoms with Crippen LogP contribution >= 0.6 is 0 Å². The van der Waals surface area contributed by atoms with Crippen molar-refractivity contribution in [3.05, 3.63) is 59.8 Å². The number of nitrogens with one attached hydrogen (secondary N) is 2. The minimum Gasteiger partial charge on any atom is -0.507 e. The lowest BCUT2D eigenvalue weighted by molar-refractivity contribution is -0.155. The summed E-state index contributed by atoms with van der Waals surface area (Å²) in [6.45, 7) is 2.28. The smallest absolute Gasteiger partial charge is 0.342 e. The third-order valence-corrected chi connectivity index (χ3v) is 7.34. The summed E-state index contributed by atoms with van der Waals surface area (Å²) in [7, 11) is 1.37. The Balaban J connectivity index is 1.87. The summed E-state index contributed by atoms with van der Waals surface area (Å²) in [6, 6.07) is 3.55. The molecular formula is C33H44N4O10. The van der Waals surface area contributed by atoms with Crippen molar-refractivity contribution in [1.82, 2.24) is 10.6 Å². The number of allylic oxidation sites excluding steroid dienone is 1. The fourth-order valence-electron chi connectivity index (χ4n) is 4.95. The Morgan fingerprint density at radius 3 is 2.79 bits per heavy atom. The maximum Gasteiger partial charge on any atom is 0.342 e. The van der Waals surface area contributed by atoms with Crippen LogP contribution in [0, 0.1) is 0 Å². The van der Waals surface area contributed by atoms with E-state index in [1.54, 1.807) is 18.2 Å². The lowest BCUT2D eigenvalue weighted by atomic mass is 9.99. The molecule has 14 heteroatoms. The number of aliphatic hydroxyl groups excluding tert-OH is 1. The molecule has 1 fully saturated rings. The number of fused-ring (bicyclic) bond motifs is 2. The van der Waals surface area contributed by atoms with Gasteiger partial charge in [-0.15, -0.1) is 0 Å². The first-order valence-corrected chi connectivity index (χ1v) is 15.6. The average Bonchev–Trinajstić information content (AvgIpc) is 3.84. The Bertz CT molecular complexity index is 1340. The molecule has 0 spiro atoms. The molecule has 0 unspecified atom stereocenters. The third-order valence-electron chi connectivity index (χ3n) is 7.34. The molecule has 0 aliphatic carbocycles. The number of phenols is 1. The highest BCUT2D eigenvalue weighted by atomic mass is 16.6. The highest BCUT2D eigenvalue weighted by molar-refractivity contribution is 5.96. The molecule has 0 aromatic heterocycles. The first-order valence-electron chi connectivity index (χ1n) is 15.6. The SMILES string of the molecule is CCCC(=O)N[C@@H](CCCCN)C(=O)O[C@@H]1C[C@H](CC=CNC(=O)C=CC=NOC)OC(=O)c2c(O)cccc2C=C[C@H](O)[C@@H]2O[C@@H]21. The minimum atomic E-state index is -1.12. The van der Waals surface area contributed by atoms with Crippen molar-refractivity contribution in [2.24, 2.45) is 10.9 Å². The number of esters is 2. The van der Waals surface area contributed by atoms with Gasteiger partial charge in [-0.25, -0.2) is 9.59 Å². The zero-order chi connectivity index (χ0) is 34.2. The molecular weight excluding hydrogens is 612 g/mol. The summed E-state index contributed by atoms with van der Waals surface area (Å²) in [4.78, 5) is 55.9. The van der Waals surface area contributed by atoms with Crippen molar-refractivity contribution in [1.29, 1.82) is 0 Å². The second kappa shape index (κ2) is 19.2. The molecule has 1 aromatic carbocycles. The van der Waals surface area contributed by atoms with Gasteiger partial charge in [0.1, 0.15) is 55.0 Å². The number of nitrogens with zero attached hydrogens (tertiary/aromatic N) is 1. The number of rotatable bonds is 15. The third kappa shape index (κ3) is 12.0. The van der Waals surface area contributed by atoms with Gasteiger partial charge in [-0.3, -0.25) is 9.59 Å². The number of unbranched alkanes of at least 4 members (excludes halogenated alkanes) is 1. The molecule has 2 aliphatic rings. The van der Waals surface area contributed by atoms with Crippen LogP contribution in [0.1, 0.15) is 67.8 Å². The number of carbonyl (C=O) groups is 4. The Kier molecular flexibility index (Phi) is 15.1. The van der Waals surface area contributed by atoms with Crippen LogP contribution in [0.3, 0.4) is 0 Å². The van der Waals surface area contributed by atoms with Gasteiger partial charge in [0, 0.05) is 31.5 Å². The standard InChI is InChI=1S/C33H44N4O10/c1-3-9-28(41)37-23(12-4-5-17-34)32(42)46-26-20-22(11-7-18-35-27(40)14-8-19-36-44-2)45-33(43)29-21(10-6-13-24(29)38)15-16-25(39)30-31(26)47-30/h6-8,10,13-16,18-19,22-23,25-26,30-31,38-39H,3-5,9,11-12,17,20,34H2,1-2H3,(H,35,40)(H,37,41)/t22-,23-,25-,26+,30-,31+/m0/s1. The Morgan fingerprint density at radius 2 is 2.04 bits per heavy atom. The van der Waals surface area contributed by atoms with Crippen molar-refractivity contribution in [3.63, 3.8) is 0 Å². The second-order valence-electron chi connectivity index (χ2n) is 11.0. The summed E-state index contributed by atoms with van der Waals surface area (Å²) in [5.74, 6) is -2.60. The molecule has 2 aliphatic heterocycles. The van der Waals surface area contributed by atoms with Crippen LogP contribution in [0.2, 0.25) is 0 Å². The van der Waals surface area contributed by atoms with Crippen molar-refractivity contribution in [2.75, 3.05) is 13.7 Å². The van der Waals surface area contributed by atoms with Crippen LogP contribution in [0.5, 0.6) is 5.75 Å². The average molecular weight is 657 g/mol. The number of ether oxygens (including phenoxy) is 3. The number of amides is 2. The Hall–Kier alpha value is -4.53. The number of epoxide rings is 1. The molecule has 2 amide bonds. The molecule has 1 saturated heterocycles. The van der Waals surface area contributed by atoms with E-state index in [1.165, 1.54) is 49.9 Å². The first kappa shape index (κ1) is 36.9. The van der Waals surface area contributed by atoms with Crippen LogP contribution in [-0.2, 0) is 33.4 Å². The van der Waals surface area contributed by atoms with Crippen LogP contribution < -0.4 is 16.4 Å². The zero-order valence-electron chi connectivity index (χ0n) is 26.6. The summed E-state index contributed by atoms with van der Waals surface area (Å²) in [5, 5.41) is 30.2. The van der Waals surface area contributed by atoms with E-state index >= 15 is 0 Å². The number of aromatic hydroxyl groups is 1.